The van der Waals surface area contributed by atoms with Crippen molar-refractivity contribution < 1.29 is 9.53 Å². The van der Waals surface area contributed by atoms with E-state index >= 15 is 0 Å². The lowest BCUT2D eigenvalue weighted by molar-refractivity contribution is -0.122. The van der Waals surface area contributed by atoms with Crippen LogP contribution < -0.4 is 15.4 Å². The summed E-state index contributed by atoms with van der Waals surface area (Å²) in [5, 5.41) is 6.30. The number of rotatable bonds is 4. The smallest absolute Gasteiger partial charge is 0.265 e. The Labute approximate surface area is 129 Å². The van der Waals surface area contributed by atoms with E-state index in [1.54, 1.807) is 31.5 Å². The second-order valence-corrected chi connectivity index (χ2v) is 5.31. The average molecular weight is 297 g/mol. The number of anilines is 1. The summed E-state index contributed by atoms with van der Waals surface area (Å²) in [5.41, 5.74) is 3.31. The van der Waals surface area contributed by atoms with E-state index in [-0.39, 0.29) is 5.91 Å². The number of hydrogen-bond acceptors (Lipinski definition) is 4. The van der Waals surface area contributed by atoms with E-state index < -0.39 is 6.10 Å². The van der Waals surface area contributed by atoms with Gasteiger partial charge in [-0.2, -0.15) is 0 Å². The van der Waals surface area contributed by atoms with Crippen LogP contribution in [0.25, 0.3) is 0 Å². The lowest BCUT2D eigenvalue weighted by Gasteiger charge is -2.21. The van der Waals surface area contributed by atoms with Crippen molar-refractivity contribution in [3.63, 3.8) is 0 Å². The van der Waals surface area contributed by atoms with Crippen LogP contribution in [0, 0.1) is 0 Å². The van der Waals surface area contributed by atoms with E-state index in [9.17, 15) is 4.79 Å². The molecule has 0 bridgehead atoms. The number of carbonyl (C=O) groups is 1. The maximum absolute atomic E-state index is 12.3. The quantitative estimate of drug-likeness (QED) is 0.907. The van der Waals surface area contributed by atoms with Gasteiger partial charge in [0.1, 0.15) is 5.75 Å². The lowest BCUT2D eigenvalue weighted by Crippen LogP contribution is -2.32. The molecule has 1 aliphatic rings. The summed E-state index contributed by atoms with van der Waals surface area (Å²) in [6.07, 6.45) is 3.66. The van der Waals surface area contributed by atoms with Crippen molar-refractivity contribution in [2.45, 2.75) is 26.0 Å². The normalized spacial score (nSPS) is 14.8. The number of amides is 1. The monoisotopic (exact) mass is 297 g/mol. The minimum atomic E-state index is -0.586. The summed E-state index contributed by atoms with van der Waals surface area (Å²) in [5.74, 6) is 0.421. The first-order valence-electron chi connectivity index (χ1n) is 7.43. The SMILES string of the molecule is CC(Oc1cccnc1)C(=O)Nc1cccc2c1CNCC2. The molecular formula is C17H19N3O2. The van der Waals surface area contributed by atoms with Crippen LogP contribution in [0.2, 0.25) is 0 Å². The Morgan fingerprint density at radius 2 is 2.27 bits per heavy atom. The molecule has 1 amide bonds. The molecule has 3 rings (SSSR count). The Morgan fingerprint density at radius 1 is 1.36 bits per heavy atom. The van der Waals surface area contributed by atoms with Crippen molar-refractivity contribution in [3.8, 4) is 5.75 Å². The molecule has 1 unspecified atom stereocenters. The van der Waals surface area contributed by atoms with E-state index in [0.717, 1.165) is 30.8 Å². The third kappa shape index (κ3) is 3.26. The number of pyridine rings is 1. The van der Waals surface area contributed by atoms with Crippen LogP contribution >= 0.6 is 0 Å². The Balaban J connectivity index is 1.69. The second-order valence-electron chi connectivity index (χ2n) is 5.31. The van der Waals surface area contributed by atoms with Gasteiger partial charge in [-0.05, 0) is 49.2 Å². The molecule has 22 heavy (non-hydrogen) atoms. The number of fused-ring (bicyclic) bond motifs is 1. The maximum atomic E-state index is 12.3. The van der Waals surface area contributed by atoms with Gasteiger partial charge in [0.25, 0.3) is 5.91 Å². The molecule has 2 aromatic rings. The van der Waals surface area contributed by atoms with Crippen molar-refractivity contribution in [2.24, 2.45) is 0 Å². The number of hydrogen-bond donors (Lipinski definition) is 2. The van der Waals surface area contributed by atoms with Gasteiger partial charge in [-0.1, -0.05) is 12.1 Å². The first-order valence-corrected chi connectivity index (χ1v) is 7.43. The zero-order valence-corrected chi connectivity index (χ0v) is 12.5. The van der Waals surface area contributed by atoms with Crippen LogP contribution in [0.1, 0.15) is 18.1 Å². The molecule has 0 fully saturated rings. The van der Waals surface area contributed by atoms with Gasteiger partial charge in [0.2, 0.25) is 0 Å². The summed E-state index contributed by atoms with van der Waals surface area (Å²) in [6.45, 7) is 3.49. The number of nitrogens with one attached hydrogen (secondary N) is 2. The first-order chi connectivity index (χ1) is 10.7. The fourth-order valence-corrected chi connectivity index (χ4v) is 2.54. The van der Waals surface area contributed by atoms with Gasteiger partial charge >= 0.3 is 0 Å². The zero-order valence-electron chi connectivity index (χ0n) is 12.5. The predicted octanol–water partition coefficient (Wildman–Crippen LogP) is 2.13. The molecule has 2 N–H and O–H groups in total. The van der Waals surface area contributed by atoms with E-state index in [2.05, 4.69) is 21.7 Å². The Kier molecular flexibility index (Phi) is 4.34. The number of carbonyl (C=O) groups excluding carboxylic acids is 1. The highest BCUT2D eigenvalue weighted by atomic mass is 16.5. The number of aromatic nitrogens is 1. The molecule has 1 atom stereocenters. The Morgan fingerprint density at radius 3 is 3.09 bits per heavy atom. The summed E-state index contributed by atoms with van der Waals surface area (Å²) in [6, 6.07) is 9.58. The largest absolute Gasteiger partial charge is 0.479 e. The first kappa shape index (κ1) is 14.5. The van der Waals surface area contributed by atoms with Gasteiger partial charge in [0.05, 0.1) is 6.20 Å². The van der Waals surface area contributed by atoms with Crippen LogP contribution in [-0.4, -0.2) is 23.5 Å². The molecule has 114 valence electrons. The molecule has 2 heterocycles. The van der Waals surface area contributed by atoms with Crippen molar-refractivity contribution >= 4 is 11.6 Å². The highest BCUT2D eigenvalue weighted by Crippen LogP contribution is 2.23. The van der Waals surface area contributed by atoms with Crippen LogP contribution in [-0.2, 0) is 17.8 Å². The van der Waals surface area contributed by atoms with Crippen molar-refractivity contribution in [2.75, 3.05) is 11.9 Å². The minimum absolute atomic E-state index is 0.164. The summed E-state index contributed by atoms with van der Waals surface area (Å²) in [4.78, 5) is 16.3. The fourth-order valence-electron chi connectivity index (χ4n) is 2.54. The van der Waals surface area contributed by atoms with Gasteiger partial charge in [-0.25, -0.2) is 0 Å². The average Bonchev–Trinajstić information content (AvgIpc) is 2.56. The summed E-state index contributed by atoms with van der Waals surface area (Å²) in [7, 11) is 0. The van der Waals surface area contributed by atoms with E-state index in [1.807, 2.05) is 12.1 Å². The van der Waals surface area contributed by atoms with Gasteiger partial charge in [-0.3, -0.25) is 9.78 Å². The van der Waals surface area contributed by atoms with Gasteiger partial charge in [-0.15, -0.1) is 0 Å². The number of benzene rings is 1. The molecule has 0 aliphatic carbocycles. The van der Waals surface area contributed by atoms with E-state index in [1.165, 1.54) is 5.56 Å². The van der Waals surface area contributed by atoms with Crippen LogP contribution in [0.3, 0.4) is 0 Å². The van der Waals surface area contributed by atoms with Crippen LogP contribution in [0.15, 0.2) is 42.7 Å². The van der Waals surface area contributed by atoms with Crippen LogP contribution in [0.5, 0.6) is 5.75 Å². The molecule has 1 aliphatic heterocycles. The van der Waals surface area contributed by atoms with Crippen molar-refractivity contribution in [3.05, 3.63) is 53.9 Å². The molecule has 5 nitrogen and oxygen atoms in total. The second kappa shape index (κ2) is 6.58. The summed E-state index contributed by atoms with van der Waals surface area (Å²) < 4.78 is 5.60. The predicted molar refractivity (Wildman–Crippen MR) is 84.8 cm³/mol. The van der Waals surface area contributed by atoms with Crippen LogP contribution in [0.4, 0.5) is 5.69 Å². The molecule has 1 aromatic heterocycles. The maximum Gasteiger partial charge on any atom is 0.265 e. The molecule has 0 saturated heterocycles. The Hall–Kier alpha value is -2.40. The topological polar surface area (TPSA) is 63.2 Å². The van der Waals surface area contributed by atoms with E-state index in [0.29, 0.717) is 5.75 Å². The molecular weight excluding hydrogens is 278 g/mol. The highest BCUT2D eigenvalue weighted by molar-refractivity contribution is 5.95. The number of nitrogens with zero attached hydrogens (tertiary/aromatic N) is 1. The van der Waals surface area contributed by atoms with Crippen molar-refractivity contribution in [1.82, 2.24) is 10.3 Å². The van der Waals surface area contributed by atoms with Gasteiger partial charge in [0.15, 0.2) is 6.10 Å². The standard InChI is InChI=1S/C17H19N3O2/c1-12(22-14-5-3-8-18-10-14)17(21)20-16-6-2-4-13-7-9-19-11-15(13)16/h2-6,8,10,12,19H,7,9,11H2,1H3,(H,20,21). The lowest BCUT2D eigenvalue weighted by atomic mass is 9.99. The molecule has 0 spiro atoms. The molecule has 5 heteroatoms. The third-order valence-electron chi connectivity index (χ3n) is 3.72. The highest BCUT2D eigenvalue weighted by Gasteiger charge is 2.18. The van der Waals surface area contributed by atoms with Gasteiger partial charge < -0.3 is 15.4 Å². The number of ether oxygens (including phenoxy) is 1. The molecule has 0 radical (unpaired) electrons. The molecule has 1 aromatic carbocycles. The van der Waals surface area contributed by atoms with Crippen molar-refractivity contribution in [1.29, 1.82) is 0 Å². The third-order valence-corrected chi connectivity index (χ3v) is 3.72. The summed E-state index contributed by atoms with van der Waals surface area (Å²) >= 11 is 0. The minimum Gasteiger partial charge on any atom is -0.479 e. The Bertz CT molecular complexity index is 658. The molecule has 0 saturated carbocycles. The van der Waals surface area contributed by atoms with Gasteiger partial charge in [0, 0.05) is 18.4 Å². The zero-order chi connectivity index (χ0) is 15.4. The fraction of sp³-hybridized carbons (Fsp3) is 0.294. The van der Waals surface area contributed by atoms with E-state index in [4.69, 9.17) is 4.74 Å².